The molecule has 0 atom stereocenters. The lowest BCUT2D eigenvalue weighted by Crippen LogP contribution is -2.20. The number of fused-ring (bicyclic) bond motifs is 1. The number of H-pyrrole nitrogens is 1. The van der Waals surface area contributed by atoms with Gasteiger partial charge in [0.05, 0.1) is 5.69 Å². The Morgan fingerprint density at radius 2 is 1.66 bits per heavy atom. The van der Waals surface area contributed by atoms with Crippen LogP contribution in [0.5, 0.6) is 11.5 Å². The predicted molar refractivity (Wildman–Crippen MR) is 137 cm³/mol. The highest BCUT2D eigenvalue weighted by Crippen LogP contribution is 2.26. The van der Waals surface area contributed by atoms with Crippen molar-refractivity contribution in [1.82, 2.24) is 14.5 Å². The molecular weight excluding hydrogens is 464 g/mol. The highest BCUT2D eigenvalue weighted by molar-refractivity contribution is 6.30. The van der Waals surface area contributed by atoms with Crippen molar-refractivity contribution in [2.45, 2.75) is 6.54 Å². The third kappa shape index (κ3) is 5.21. The molecule has 176 valence electrons. The van der Waals surface area contributed by atoms with E-state index < -0.39 is 0 Å². The lowest BCUT2D eigenvalue weighted by Gasteiger charge is -2.09. The van der Waals surface area contributed by atoms with Crippen LogP contribution in [0, 0.1) is 0 Å². The van der Waals surface area contributed by atoms with Gasteiger partial charge in [-0.2, -0.15) is 4.98 Å². The zero-order valence-electron chi connectivity index (χ0n) is 18.8. The van der Waals surface area contributed by atoms with Gasteiger partial charge in [-0.1, -0.05) is 35.9 Å². The van der Waals surface area contributed by atoms with Crippen LogP contribution in [0.3, 0.4) is 0 Å². The minimum absolute atomic E-state index is 0.357. The van der Waals surface area contributed by atoms with Crippen molar-refractivity contribution in [3.63, 3.8) is 0 Å². The van der Waals surface area contributed by atoms with Gasteiger partial charge in [-0.3, -0.25) is 4.57 Å². The zero-order chi connectivity index (χ0) is 24.2. The molecular formula is C27H23ClN4O3. The predicted octanol–water partition coefficient (Wildman–Crippen LogP) is 4.95. The maximum atomic E-state index is 12.6. The molecule has 7 nitrogen and oxygen atoms in total. The number of nitrogens with one attached hydrogen (secondary N) is 1. The van der Waals surface area contributed by atoms with Gasteiger partial charge in [-0.15, -0.1) is 0 Å². The first-order valence-corrected chi connectivity index (χ1v) is 11.5. The van der Waals surface area contributed by atoms with Crippen molar-refractivity contribution >= 4 is 22.6 Å². The molecule has 2 aromatic heterocycles. The summed E-state index contributed by atoms with van der Waals surface area (Å²) in [5.74, 6) is 1.45. The number of hydrogen-bond acceptors (Lipinski definition) is 5. The van der Waals surface area contributed by atoms with Gasteiger partial charge in [0, 0.05) is 34.4 Å². The van der Waals surface area contributed by atoms with E-state index in [0.29, 0.717) is 36.2 Å². The first-order chi connectivity index (χ1) is 17.1. The van der Waals surface area contributed by atoms with E-state index in [1.54, 1.807) is 18.3 Å². The van der Waals surface area contributed by atoms with Crippen LogP contribution in [0.15, 0.2) is 89.9 Å². The molecule has 3 N–H and O–H groups in total. The molecule has 0 aliphatic carbocycles. The Labute approximate surface area is 206 Å². The van der Waals surface area contributed by atoms with Crippen LogP contribution in [0.1, 0.15) is 5.56 Å². The number of nitrogens with zero attached hydrogens (tertiary/aromatic N) is 2. The highest BCUT2D eigenvalue weighted by atomic mass is 35.5. The second-order valence-electron chi connectivity index (χ2n) is 7.93. The van der Waals surface area contributed by atoms with Crippen LogP contribution in [0.2, 0.25) is 5.02 Å². The van der Waals surface area contributed by atoms with E-state index in [1.165, 1.54) is 4.57 Å². The molecule has 0 bridgehead atoms. The number of aromatic amines is 1. The number of hydrogen-bond donors (Lipinski definition) is 2. The molecule has 0 saturated carbocycles. The maximum Gasteiger partial charge on any atom is 0.354 e. The Morgan fingerprint density at radius 3 is 2.40 bits per heavy atom. The summed E-state index contributed by atoms with van der Waals surface area (Å²) in [6, 6.07) is 24.4. The fourth-order valence-electron chi connectivity index (χ4n) is 3.73. The smallest absolute Gasteiger partial charge is 0.354 e. The quantitative estimate of drug-likeness (QED) is 0.302. The van der Waals surface area contributed by atoms with E-state index in [1.807, 2.05) is 66.7 Å². The van der Waals surface area contributed by atoms with Crippen molar-refractivity contribution in [1.29, 1.82) is 0 Å². The van der Waals surface area contributed by atoms with Crippen LogP contribution in [-0.2, 0) is 6.54 Å². The average Bonchev–Trinajstić information content (AvgIpc) is 3.30. The average molecular weight is 487 g/mol. The van der Waals surface area contributed by atoms with E-state index in [2.05, 4.69) is 9.97 Å². The lowest BCUT2D eigenvalue weighted by molar-refractivity contribution is 0.217. The van der Waals surface area contributed by atoms with Gasteiger partial charge >= 0.3 is 5.69 Å². The van der Waals surface area contributed by atoms with Crippen LogP contribution < -0.4 is 20.9 Å². The van der Waals surface area contributed by atoms with Gasteiger partial charge in [0.25, 0.3) is 0 Å². The van der Waals surface area contributed by atoms with Gasteiger partial charge < -0.3 is 20.2 Å². The number of nitrogens with two attached hydrogens (primary N) is 1. The van der Waals surface area contributed by atoms with Crippen molar-refractivity contribution in [3.8, 4) is 28.4 Å². The molecule has 2 heterocycles. The fraction of sp³-hybridized carbons (Fsp3) is 0.111. The zero-order valence-corrected chi connectivity index (χ0v) is 19.5. The van der Waals surface area contributed by atoms with E-state index >= 15 is 0 Å². The number of aromatic nitrogens is 3. The molecule has 0 amide bonds. The van der Waals surface area contributed by atoms with Gasteiger partial charge in [0.1, 0.15) is 30.4 Å². The van der Waals surface area contributed by atoms with Crippen LogP contribution in [0.4, 0.5) is 0 Å². The molecule has 0 aliphatic rings. The Balaban J connectivity index is 1.31. The summed E-state index contributed by atoms with van der Waals surface area (Å²) in [5, 5.41) is 1.49. The summed E-state index contributed by atoms with van der Waals surface area (Å²) in [6.45, 7) is 1.25. The summed E-state index contributed by atoms with van der Waals surface area (Å²) >= 11 is 5.89. The molecule has 0 unspecified atom stereocenters. The molecule has 0 aliphatic heterocycles. The lowest BCUT2D eigenvalue weighted by atomic mass is 10.1. The molecule has 35 heavy (non-hydrogen) atoms. The van der Waals surface area contributed by atoms with E-state index in [0.717, 1.165) is 33.6 Å². The SMILES string of the molecule is NCc1ccc(-n2cc3cc(-c4cccc(OCCOc5ccc(Cl)cc5)c4)[nH]c3nc2=O)cc1. The van der Waals surface area contributed by atoms with Gasteiger partial charge in [0.2, 0.25) is 0 Å². The van der Waals surface area contributed by atoms with E-state index in [-0.39, 0.29) is 5.69 Å². The van der Waals surface area contributed by atoms with E-state index in [4.69, 9.17) is 26.8 Å². The number of rotatable bonds is 8. The maximum absolute atomic E-state index is 12.6. The largest absolute Gasteiger partial charge is 0.490 e. The van der Waals surface area contributed by atoms with Crippen molar-refractivity contribution in [3.05, 3.63) is 106 Å². The third-order valence-electron chi connectivity index (χ3n) is 5.54. The van der Waals surface area contributed by atoms with Crippen LogP contribution in [-0.4, -0.2) is 27.7 Å². The number of benzene rings is 3. The monoisotopic (exact) mass is 486 g/mol. The Bertz CT molecular complexity index is 1510. The molecule has 3 aromatic carbocycles. The normalized spacial score (nSPS) is 11.0. The first kappa shape index (κ1) is 22.7. The first-order valence-electron chi connectivity index (χ1n) is 11.1. The van der Waals surface area contributed by atoms with Gasteiger partial charge in [0.15, 0.2) is 0 Å². The molecule has 0 spiro atoms. The number of ether oxygens (including phenoxy) is 2. The molecule has 0 radical (unpaired) electrons. The standard InChI is InChI=1S/C27H23ClN4O3/c28-21-6-10-23(11-7-21)34-12-13-35-24-3-1-2-19(14-24)25-15-20-17-32(27(33)31-26(20)30-25)22-8-4-18(16-29)5-9-22/h1-11,14-15,17H,12-13,16,29H2,(H,30,31,33). The Hall–Kier alpha value is -4.07. The van der Waals surface area contributed by atoms with Gasteiger partial charge in [-0.25, -0.2) is 4.79 Å². The van der Waals surface area contributed by atoms with Crippen LogP contribution >= 0.6 is 11.6 Å². The highest BCUT2D eigenvalue weighted by Gasteiger charge is 2.10. The third-order valence-corrected chi connectivity index (χ3v) is 5.79. The second kappa shape index (κ2) is 10.0. The van der Waals surface area contributed by atoms with Crippen molar-refractivity contribution in [2.75, 3.05) is 13.2 Å². The van der Waals surface area contributed by atoms with E-state index in [9.17, 15) is 4.79 Å². The minimum Gasteiger partial charge on any atom is -0.490 e. The summed E-state index contributed by atoms with van der Waals surface area (Å²) in [4.78, 5) is 20.1. The summed E-state index contributed by atoms with van der Waals surface area (Å²) < 4.78 is 13.1. The topological polar surface area (TPSA) is 95.2 Å². The van der Waals surface area contributed by atoms with Crippen molar-refractivity contribution in [2.24, 2.45) is 5.73 Å². The summed E-state index contributed by atoms with van der Waals surface area (Å²) in [5.41, 5.74) is 9.34. The number of halogens is 1. The van der Waals surface area contributed by atoms with Gasteiger partial charge in [-0.05, 0) is 60.2 Å². The fourth-order valence-corrected chi connectivity index (χ4v) is 3.86. The van der Waals surface area contributed by atoms with Crippen molar-refractivity contribution < 1.29 is 9.47 Å². The summed E-state index contributed by atoms with van der Waals surface area (Å²) in [6.07, 6.45) is 1.79. The molecule has 5 aromatic rings. The molecule has 8 heteroatoms. The Kier molecular flexibility index (Phi) is 6.52. The molecule has 5 rings (SSSR count). The molecule has 0 saturated heterocycles. The minimum atomic E-state index is -0.357. The van der Waals surface area contributed by atoms with Crippen LogP contribution in [0.25, 0.3) is 28.0 Å². The summed E-state index contributed by atoms with van der Waals surface area (Å²) in [7, 11) is 0. The Morgan fingerprint density at radius 1 is 0.914 bits per heavy atom. The second-order valence-corrected chi connectivity index (χ2v) is 8.37. The molecule has 0 fully saturated rings.